The third-order valence-electron chi connectivity index (χ3n) is 5.13. The number of anilines is 2. The van der Waals surface area contributed by atoms with Crippen molar-refractivity contribution in [2.24, 2.45) is 5.73 Å². The highest BCUT2D eigenvalue weighted by atomic mass is 35.5. The van der Waals surface area contributed by atoms with E-state index in [0.717, 1.165) is 45.3 Å². The zero-order valence-electron chi connectivity index (χ0n) is 18.2. The minimum absolute atomic E-state index is 0.0591. The molecule has 1 saturated heterocycles. The summed E-state index contributed by atoms with van der Waals surface area (Å²) in [5.74, 6) is -1.14. The van der Waals surface area contributed by atoms with Gasteiger partial charge in [0.15, 0.2) is 28.4 Å². The van der Waals surface area contributed by atoms with Crippen LogP contribution in [-0.2, 0) is 9.53 Å². The van der Waals surface area contributed by atoms with Crippen molar-refractivity contribution in [2.45, 2.75) is 44.8 Å². The van der Waals surface area contributed by atoms with E-state index in [2.05, 4.69) is 25.5 Å². The molecule has 2 heterocycles. The van der Waals surface area contributed by atoms with Crippen molar-refractivity contribution in [3.8, 4) is 0 Å². The number of guanidine groups is 1. The number of likely N-dealkylation sites (tertiary alicyclic amines) is 1. The number of carbonyl (C=O) groups is 2. The number of aromatic nitrogens is 2. The first kappa shape index (κ1) is 25.7. The number of piperidine rings is 1. The monoisotopic (exact) mass is 469 g/mol. The number of ether oxygens (including phenoxy) is 1. The Kier molecular flexibility index (Phi) is 10.0. The van der Waals surface area contributed by atoms with E-state index in [0.29, 0.717) is 6.54 Å². The average molecular weight is 470 g/mol. The van der Waals surface area contributed by atoms with Gasteiger partial charge in [-0.25, -0.2) is 9.97 Å². The van der Waals surface area contributed by atoms with Crippen LogP contribution in [-0.4, -0.2) is 77.4 Å². The SMILES string of the molecule is CC(=O)[C@@H](N)COC1CCN(CCCCNC(=N)NC(=O)c2nc(Cl)c(N)nc2N)CC1. The zero-order chi connectivity index (χ0) is 23.7. The number of carbonyl (C=O) groups excluding carboxylic acids is 2. The Labute approximate surface area is 192 Å². The molecule has 2 rings (SSSR count). The molecule has 1 amide bonds. The molecule has 1 aromatic rings. The first-order valence-corrected chi connectivity index (χ1v) is 10.9. The molecule has 0 radical (unpaired) electrons. The minimum atomic E-state index is -0.691. The second kappa shape index (κ2) is 12.5. The second-order valence-corrected chi connectivity index (χ2v) is 8.05. The molecule has 12 nitrogen and oxygen atoms in total. The molecular formula is C19H32ClN9O3. The Morgan fingerprint density at radius 3 is 2.59 bits per heavy atom. The van der Waals surface area contributed by atoms with Crippen LogP contribution in [0, 0.1) is 5.41 Å². The molecule has 0 aromatic carbocycles. The van der Waals surface area contributed by atoms with Crippen LogP contribution in [0.4, 0.5) is 11.6 Å². The Morgan fingerprint density at radius 2 is 1.94 bits per heavy atom. The van der Waals surface area contributed by atoms with Gasteiger partial charge in [-0.2, -0.15) is 0 Å². The lowest BCUT2D eigenvalue weighted by Crippen LogP contribution is -2.42. The lowest BCUT2D eigenvalue weighted by molar-refractivity contribution is -0.120. The second-order valence-electron chi connectivity index (χ2n) is 7.69. The van der Waals surface area contributed by atoms with Crippen LogP contribution in [0.1, 0.15) is 43.1 Å². The van der Waals surface area contributed by atoms with E-state index in [1.807, 2.05) is 0 Å². The molecule has 1 atom stereocenters. The molecule has 1 fully saturated rings. The summed E-state index contributed by atoms with van der Waals surface area (Å²) < 4.78 is 5.74. The smallest absolute Gasteiger partial charge is 0.280 e. The van der Waals surface area contributed by atoms with Gasteiger partial charge in [0.1, 0.15) is 5.78 Å². The highest BCUT2D eigenvalue weighted by molar-refractivity contribution is 6.31. The Balaban J connectivity index is 1.57. The van der Waals surface area contributed by atoms with Crippen molar-refractivity contribution in [3.63, 3.8) is 0 Å². The van der Waals surface area contributed by atoms with Crippen molar-refractivity contribution in [2.75, 3.05) is 44.3 Å². The van der Waals surface area contributed by atoms with Crippen LogP contribution >= 0.6 is 11.6 Å². The Morgan fingerprint density at radius 1 is 1.25 bits per heavy atom. The predicted octanol–water partition coefficient (Wildman–Crippen LogP) is -0.274. The molecule has 0 spiro atoms. The standard InChI is InChI=1S/C19H32ClN9O3/c1-11(30)13(21)10-32-12-4-8-29(9-5-12)7-3-2-6-25-19(24)28-18(31)14-16(22)27-17(23)15(20)26-14/h12-13H,2-10,21H2,1H3,(H4,22,23,27)(H3,24,25,28,31)/t13-/m0/s1. The molecule has 1 aromatic heterocycles. The maximum absolute atomic E-state index is 12.2. The van der Waals surface area contributed by atoms with Gasteiger partial charge >= 0.3 is 0 Å². The lowest BCUT2D eigenvalue weighted by atomic mass is 10.1. The van der Waals surface area contributed by atoms with Crippen molar-refractivity contribution in [3.05, 3.63) is 10.8 Å². The van der Waals surface area contributed by atoms with Crippen molar-refractivity contribution >= 4 is 40.9 Å². The van der Waals surface area contributed by atoms with Gasteiger partial charge in [0, 0.05) is 19.6 Å². The summed E-state index contributed by atoms with van der Waals surface area (Å²) in [7, 11) is 0. The molecule has 1 aliphatic rings. The van der Waals surface area contributed by atoms with Gasteiger partial charge in [-0.05, 0) is 39.2 Å². The largest absolute Gasteiger partial charge is 0.382 e. The number of unbranched alkanes of at least 4 members (excludes halogenated alkanes) is 1. The number of nitrogens with two attached hydrogens (primary N) is 3. The first-order chi connectivity index (χ1) is 15.2. The highest BCUT2D eigenvalue weighted by Gasteiger charge is 2.21. The molecule has 178 valence electrons. The summed E-state index contributed by atoms with van der Waals surface area (Å²) in [6, 6.07) is -0.543. The van der Waals surface area contributed by atoms with Crippen LogP contribution in [0.5, 0.6) is 0 Å². The summed E-state index contributed by atoms with van der Waals surface area (Å²) in [6.45, 7) is 5.10. The molecule has 9 N–H and O–H groups in total. The van der Waals surface area contributed by atoms with Gasteiger partial charge in [-0.15, -0.1) is 0 Å². The fraction of sp³-hybridized carbons (Fsp3) is 0.632. The zero-order valence-corrected chi connectivity index (χ0v) is 19.0. The van der Waals surface area contributed by atoms with E-state index < -0.39 is 11.9 Å². The lowest BCUT2D eigenvalue weighted by Gasteiger charge is -2.32. The van der Waals surface area contributed by atoms with Crippen molar-refractivity contribution in [1.29, 1.82) is 5.41 Å². The number of nitrogens with zero attached hydrogens (tertiary/aromatic N) is 3. The number of nitrogen functional groups attached to an aromatic ring is 2. The van der Waals surface area contributed by atoms with Gasteiger partial charge < -0.3 is 32.2 Å². The van der Waals surface area contributed by atoms with Crippen LogP contribution in [0.2, 0.25) is 5.15 Å². The summed E-state index contributed by atoms with van der Waals surface area (Å²) in [6.07, 6.45) is 3.76. The summed E-state index contributed by atoms with van der Waals surface area (Å²) in [5.41, 5.74) is 16.6. The predicted molar refractivity (Wildman–Crippen MR) is 122 cm³/mol. The fourth-order valence-corrected chi connectivity index (χ4v) is 3.28. The van der Waals surface area contributed by atoms with Crippen molar-refractivity contribution < 1.29 is 14.3 Å². The maximum Gasteiger partial charge on any atom is 0.280 e. The molecule has 13 heteroatoms. The van der Waals surface area contributed by atoms with E-state index in [9.17, 15) is 9.59 Å². The molecule has 0 saturated carbocycles. The van der Waals surface area contributed by atoms with Gasteiger partial charge in [-0.1, -0.05) is 11.6 Å². The third kappa shape index (κ3) is 8.19. The molecule has 1 aliphatic heterocycles. The van der Waals surface area contributed by atoms with Crippen LogP contribution in [0.25, 0.3) is 0 Å². The number of ketones is 1. The summed E-state index contributed by atoms with van der Waals surface area (Å²) >= 11 is 5.76. The van der Waals surface area contributed by atoms with Crippen LogP contribution in [0.15, 0.2) is 0 Å². The summed E-state index contributed by atoms with van der Waals surface area (Å²) in [4.78, 5) is 33.2. The number of hydrogen-bond donors (Lipinski definition) is 6. The molecule has 0 unspecified atom stereocenters. The normalized spacial score (nSPS) is 15.8. The molecule has 32 heavy (non-hydrogen) atoms. The maximum atomic E-state index is 12.2. The number of nitrogens with one attached hydrogen (secondary N) is 3. The average Bonchev–Trinajstić information content (AvgIpc) is 2.74. The van der Waals surface area contributed by atoms with Gasteiger partial charge in [0.2, 0.25) is 0 Å². The van der Waals surface area contributed by atoms with E-state index in [-0.39, 0.29) is 46.9 Å². The molecule has 0 aliphatic carbocycles. The number of halogens is 1. The molecular weight excluding hydrogens is 438 g/mol. The van der Waals surface area contributed by atoms with E-state index in [4.69, 9.17) is 38.9 Å². The van der Waals surface area contributed by atoms with E-state index in [1.165, 1.54) is 6.92 Å². The van der Waals surface area contributed by atoms with Gasteiger partial charge in [0.25, 0.3) is 5.91 Å². The Hall–Kier alpha value is -2.54. The fourth-order valence-electron chi connectivity index (χ4n) is 3.16. The van der Waals surface area contributed by atoms with Crippen LogP contribution in [0.3, 0.4) is 0 Å². The number of rotatable bonds is 10. The number of Topliss-reactive ketones (excluding diaryl/α,β-unsaturated/α-hetero) is 1. The van der Waals surface area contributed by atoms with Crippen molar-refractivity contribution in [1.82, 2.24) is 25.5 Å². The topological polar surface area (TPSA) is 198 Å². The van der Waals surface area contributed by atoms with Gasteiger partial charge in [0.05, 0.1) is 18.8 Å². The van der Waals surface area contributed by atoms with Crippen LogP contribution < -0.4 is 27.8 Å². The quantitative estimate of drug-likeness (QED) is 0.150. The highest BCUT2D eigenvalue weighted by Crippen LogP contribution is 2.17. The van der Waals surface area contributed by atoms with E-state index in [1.54, 1.807) is 0 Å². The summed E-state index contributed by atoms with van der Waals surface area (Å²) in [5, 5.41) is 12.9. The minimum Gasteiger partial charge on any atom is -0.382 e. The number of amides is 1. The van der Waals surface area contributed by atoms with E-state index >= 15 is 0 Å². The first-order valence-electron chi connectivity index (χ1n) is 10.5. The molecule has 0 bridgehead atoms. The Bertz CT molecular complexity index is 815. The number of hydrogen-bond acceptors (Lipinski definition) is 10. The third-order valence-corrected chi connectivity index (χ3v) is 5.41. The van der Waals surface area contributed by atoms with Gasteiger partial charge in [-0.3, -0.25) is 20.3 Å².